The van der Waals surface area contributed by atoms with E-state index in [1.165, 1.54) is 19.1 Å². The Labute approximate surface area is 113 Å². The molecule has 2 rings (SSSR count). The van der Waals surface area contributed by atoms with Crippen molar-refractivity contribution in [1.82, 2.24) is 0 Å². The molecule has 0 saturated carbocycles. The minimum absolute atomic E-state index is 0.127. The molecule has 0 fully saturated rings. The van der Waals surface area contributed by atoms with Crippen LogP contribution in [0.5, 0.6) is 5.75 Å². The molecule has 0 amide bonds. The van der Waals surface area contributed by atoms with Crippen molar-refractivity contribution in [3.8, 4) is 5.75 Å². The van der Waals surface area contributed by atoms with Crippen molar-refractivity contribution in [2.24, 2.45) is 0 Å². The topological polar surface area (TPSA) is 9.23 Å². The lowest BCUT2D eigenvalue weighted by atomic mass is 10.1. The summed E-state index contributed by atoms with van der Waals surface area (Å²) in [5.41, 5.74) is 0.231. The summed E-state index contributed by atoms with van der Waals surface area (Å²) in [5.74, 6) is -4.15. The lowest BCUT2D eigenvalue weighted by Gasteiger charge is -2.10. The standard InChI is InChI=1S/C15H12F4O/c1-8-5-11(16)10(12(17)6-8)7-20-13-4-3-9(2)14(18)15(13)19/h3-6H,7H2,1-2H3. The molecule has 0 bridgehead atoms. The van der Waals surface area contributed by atoms with Gasteiger partial charge in [0, 0.05) is 0 Å². The van der Waals surface area contributed by atoms with Gasteiger partial charge in [-0.2, -0.15) is 4.39 Å². The van der Waals surface area contributed by atoms with Gasteiger partial charge < -0.3 is 4.74 Å². The molecule has 0 aliphatic heterocycles. The maximum absolute atomic E-state index is 13.6. The Hall–Kier alpha value is -2.04. The van der Waals surface area contributed by atoms with Crippen LogP contribution in [-0.2, 0) is 6.61 Å². The molecule has 2 aromatic rings. The molecule has 0 saturated heterocycles. The molecule has 0 unspecified atom stereocenters. The number of hydrogen-bond donors (Lipinski definition) is 0. The smallest absolute Gasteiger partial charge is 0.200 e. The van der Waals surface area contributed by atoms with Gasteiger partial charge in [-0.05, 0) is 43.2 Å². The summed E-state index contributed by atoms with van der Waals surface area (Å²) in [6.45, 7) is 2.44. The molecule has 0 aliphatic carbocycles. The van der Waals surface area contributed by atoms with Gasteiger partial charge in [0.05, 0.1) is 5.56 Å². The number of benzene rings is 2. The van der Waals surface area contributed by atoms with Gasteiger partial charge in [0.15, 0.2) is 11.6 Å². The minimum Gasteiger partial charge on any atom is -0.485 e. The minimum atomic E-state index is -1.17. The van der Waals surface area contributed by atoms with Crippen LogP contribution in [0.25, 0.3) is 0 Å². The molecule has 0 spiro atoms. The van der Waals surface area contributed by atoms with Crippen molar-refractivity contribution in [2.45, 2.75) is 20.5 Å². The van der Waals surface area contributed by atoms with E-state index in [0.717, 1.165) is 12.1 Å². The maximum Gasteiger partial charge on any atom is 0.200 e. The number of ether oxygens (including phenoxy) is 1. The van der Waals surface area contributed by atoms with Gasteiger partial charge in [0.2, 0.25) is 5.82 Å². The first-order chi connectivity index (χ1) is 9.40. The first-order valence-corrected chi connectivity index (χ1v) is 5.92. The molecule has 5 heteroatoms. The summed E-state index contributed by atoms with van der Waals surface area (Å²) < 4.78 is 59.0. The second-order valence-corrected chi connectivity index (χ2v) is 4.50. The van der Waals surface area contributed by atoms with Gasteiger partial charge in [0.25, 0.3) is 0 Å². The zero-order chi connectivity index (χ0) is 14.9. The quantitative estimate of drug-likeness (QED) is 0.757. The van der Waals surface area contributed by atoms with Crippen LogP contribution in [0.1, 0.15) is 16.7 Å². The SMILES string of the molecule is Cc1cc(F)c(COc2ccc(C)c(F)c2F)c(F)c1. The van der Waals surface area contributed by atoms with Crippen LogP contribution in [0.2, 0.25) is 0 Å². The molecule has 0 aliphatic rings. The molecule has 20 heavy (non-hydrogen) atoms. The fourth-order valence-corrected chi connectivity index (χ4v) is 1.76. The normalized spacial score (nSPS) is 10.7. The van der Waals surface area contributed by atoms with E-state index in [4.69, 9.17) is 4.74 Å². The van der Waals surface area contributed by atoms with Crippen molar-refractivity contribution >= 4 is 0 Å². The van der Waals surface area contributed by atoms with E-state index in [1.54, 1.807) is 6.92 Å². The molecule has 0 heterocycles. The number of halogens is 4. The van der Waals surface area contributed by atoms with Crippen LogP contribution in [0.4, 0.5) is 17.6 Å². The van der Waals surface area contributed by atoms with E-state index >= 15 is 0 Å². The van der Waals surface area contributed by atoms with Crippen LogP contribution in [-0.4, -0.2) is 0 Å². The van der Waals surface area contributed by atoms with Crippen molar-refractivity contribution in [3.05, 3.63) is 64.2 Å². The highest BCUT2D eigenvalue weighted by Gasteiger charge is 2.15. The van der Waals surface area contributed by atoms with Gasteiger partial charge in [-0.3, -0.25) is 0 Å². The van der Waals surface area contributed by atoms with E-state index < -0.39 is 29.9 Å². The Kier molecular flexibility index (Phi) is 3.97. The van der Waals surface area contributed by atoms with Crippen molar-refractivity contribution in [3.63, 3.8) is 0 Å². The fourth-order valence-electron chi connectivity index (χ4n) is 1.76. The zero-order valence-corrected chi connectivity index (χ0v) is 10.9. The third-order valence-electron chi connectivity index (χ3n) is 2.90. The maximum atomic E-state index is 13.6. The van der Waals surface area contributed by atoms with E-state index in [0.29, 0.717) is 5.56 Å². The Balaban J connectivity index is 2.24. The second-order valence-electron chi connectivity index (χ2n) is 4.50. The van der Waals surface area contributed by atoms with Gasteiger partial charge in [-0.25, -0.2) is 13.2 Å². The Bertz CT molecular complexity index is 630. The summed E-state index contributed by atoms with van der Waals surface area (Å²) in [6, 6.07) is 4.84. The summed E-state index contributed by atoms with van der Waals surface area (Å²) >= 11 is 0. The molecule has 0 atom stereocenters. The van der Waals surface area contributed by atoms with E-state index in [9.17, 15) is 17.6 Å². The van der Waals surface area contributed by atoms with Crippen molar-refractivity contribution in [2.75, 3.05) is 0 Å². The molecule has 1 nitrogen and oxygen atoms in total. The second kappa shape index (κ2) is 5.53. The number of aryl methyl sites for hydroxylation is 2. The summed E-state index contributed by atoms with van der Waals surface area (Å²) in [7, 11) is 0. The summed E-state index contributed by atoms with van der Waals surface area (Å²) in [6.07, 6.45) is 0. The van der Waals surface area contributed by atoms with Gasteiger partial charge in [-0.15, -0.1) is 0 Å². The van der Waals surface area contributed by atoms with Crippen molar-refractivity contribution < 1.29 is 22.3 Å². The molecular weight excluding hydrogens is 272 g/mol. The van der Waals surface area contributed by atoms with Crippen LogP contribution >= 0.6 is 0 Å². The van der Waals surface area contributed by atoms with Crippen LogP contribution < -0.4 is 4.74 Å². The van der Waals surface area contributed by atoms with Crippen molar-refractivity contribution in [1.29, 1.82) is 0 Å². The van der Waals surface area contributed by atoms with Crippen LogP contribution in [0.3, 0.4) is 0 Å². The van der Waals surface area contributed by atoms with E-state index in [1.807, 2.05) is 0 Å². The highest BCUT2D eigenvalue weighted by atomic mass is 19.2. The lowest BCUT2D eigenvalue weighted by molar-refractivity contribution is 0.273. The first-order valence-electron chi connectivity index (χ1n) is 5.92. The van der Waals surface area contributed by atoms with E-state index in [-0.39, 0.29) is 16.9 Å². The zero-order valence-electron chi connectivity index (χ0n) is 10.9. The Morgan fingerprint density at radius 3 is 2.10 bits per heavy atom. The molecule has 0 N–H and O–H groups in total. The number of rotatable bonds is 3. The highest BCUT2D eigenvalue weighted by molar-refractivity contribution is 5.31. The van der Waals surface area contributed by atoms with Gasteiger partial charge in [-0.1, -0.05) is 6.07 Å². The Morgan fingerprint density at radius 1 is 0.900 bits per heavy atom. The molecule has 0 radical (unpaired) electrons. The third kappa shape index (κ3) is 2.76. The average Bonchev–Trinajstić information content (AvgIpc) is 2.37. The largest absolute Gasteiger partial charge is 0.485 e. The summed E-state index contributed by atoms with van der Waals surface area (Å²) in [4.78, 5) is 0. The molecule has 2 aromatic carbocycles. The molecule has 0 aromatic heterocycles. The summed E-state index contributed by atoms with van der Waals surface area (Å²) in [5, 5.41) is 0. The Morgan fingerprint density at radius 2 is 1.50 bits per heavy atom. The molecular formula is C15H12F4O. The van der Waals surface area contributed by atoms with Gasteiger partial charge >= 0.3 is 0 Å². The van der Waals surface area contributed by atoms with Crippen LogP contribution in [0.15, 0.2) is 24.3 Å². The average molecular weight is 284 g/mol. The van der Waals surface area contributed by atoms with Crippen LogP contribution in [0, 0.1) is 37.1 Å². The highest BCUT2D eigenvalue weighted by Crippen LogP contribution is 2.24. The monoisotopic (exact) mass is 284 g/mol. The lowest BCUT2D eigenvalue weighted by Crippen LogP contribution is -2.04. The number of hydrogen-bond acceptors (Lipinski definition) is 1. The first kappa shape index (κ1) is 14.4. The fraction of sp³-hybridized carbons (Fsp3) is 0.200. The molecule has 106 valence electrons. The van der Waals surface area contributed by atoms with E-state index in [2.05, 4.69) is 0 Å². The van der Waals surface area contributed by atoms with Gasteiger partial charge in [0.1, 0.15) is 18.2 Å². The predicted octanol–water partition coefficient (Wildman–Crippen LogP) is 4.44. The predicted molar refractivity (Wildman–Crippen MR) is 66.5 cm³/mol. The third-order valence-corrected chi connectivity index (χ3v) is 2.90.